The highest BCUT2D eigenvalue weighted by molar-refractivity contribution is 6.13. The van der Waals surface area contributed by atoms with Gasteiger partial charge >= 0.3 is 0 Å². The third-order valence-electron chi connectivity index (χ3n) is 11.8. The van der Waals surface area contributed by atoms with E-state index in [-0.39, 0.29) is 5.41 Å². The van der Waals surface area contributed by atoms with Gasteiger partial charge in [-0.25, -0.2) is 15.0 Å². The molecule has 0 fully saturated rings. The Morgan fingerprint density at radius 2 is 0.879 bits per heavy atom. The van der Waals surface area contributed by atoms with Crippen LogP contribution in [0, 0.1) is 0 Å². The highest BCUT2D eigenvalue weighted by Crippen LogP contribution is 2.50. The van der Waals surface area contributed by atoms with Crippen molar-refractivity contribution in [3.63, 3.8) is 0 Å². The maximum atomic E-state index is 6.54. The Labute approximate surface area is 337 Å². The molecule has 8 aromatic carbocycles. The number of rotatable bonds is 6. The van der Waals surface area contributed by atoms with Crippen LogP contribution in [0.3, 0.4) is 0 Å². The molecule has 0 N–H and O–H groups in total. The van der Waals surface area contributed by atoms with Crippen LogP contribution in [-0.4, -0.2) is 15.0 Å². The Morgan fingerprint density at radius 3 is 1.66 bits per heavy atom. The summed E-state index contributed by atoms with van der Waals surface area (Å²) in [5.41, 5.74) is 16.4. The van der Waals surface area contributed by atoms with Crippen LogP contribution in [0.4, 0.5) is 0 Å². The van der Waals surface area contributed by atoms with Gasteiger partial charge in [0.2, 0.25) is 0 Å². The lowest BCUT2D eigenvalue weighted by Gasteiger charge is -2.21. The molecule has 0 unspecified atom stereocenters. The molecular weight excluding hydrogens is 707 g/mol. The second-order valence-electron chi connectivity index (χ2n) is 15.6. The zero-order valence-corrected chi connectivity index (χ0v) is 32.1. The standard InChI is InChI=1S/C54H37N3O/c1-54(2)46-22-12-11-19-41(46)44-32-38(28-30-47(44)54)39-29-31-48-45(33-39)50-43(21-13-23-49(50)58-48)53-56-51(37-26-24-35(25-27-37)34-14-5-3-6-15-34)55-52(57-53)42-20-10-9-18-40(42)36-16-7-4-8-17-36/h3-33H,1-2H3. The first-order valence-corrected chi connectivity index (χ1v) is 19.8. The van der Waals surface area contributed by atoms with Crippen LogP contribution >= 0.6 is 0 Å². The van der Waals surface area contributed by atoms with Crippen molar-refractivity contribution >= 4 is 21.9 Å². The molecule has 1 aliphatic rings. The summed E-state index contributed by atoms with van der Waals surface area (Å²) in [5, 5.41) is 2.00. The molecule has 0 saturated carbocycles. The summed E-state index contributed by atoms with van der Waals surface area (Å²) < 4.78 is 6.54. The van der Waals surface area contributed by atoms with Crippen LogP contribution in [0.15, 0.2) is 192 Å². The molecule has 0 amide bonds. The SMILES string of the molecule is CC1(C)c2ccccc2-c2cc(-c3ccc4oc5cccc(-c6nc(-c7ccc(-c8ccccc8)cc7)nc(-c7ccccc7-c7ccccc7)n6)c5c4c3)ccc21. The lowest BCUT2D eigenvalue weighted by atomic mass is 9.82. The highest BCUT2D eigenvalue weighted by Gasteiger charge is 2.35. The van der Waals surface area contributed by atoms with Gasteiger partial charge in [0.25, 0.3) is 0 Å². The average molecular weight is 744 g/mol. The second-order valence-corrected chi connectivity index (χ2v) is 15.6. The zero-order chi connectivity index (χ0) is 38.8. The molecule has 0 saturated heterocycles. The molecule has 0 aliphatic heterocycles. The Bertz CT molecular complexity index is 3180. The van der Waals surface area contributed by atoms with Crippen LogP contribution in [0.25, 0.3) is 101 Å². The lowest BCUT2D eigenvalue weighted by Crippen LogP contribution is -2.14. The zero-order valence-electron chi connectivity index (χ0n) is 32.1. The number of nitrogens with zero attached hydrogens (tertiary/aromatic N) is 3. The van der Waals surface area contributed by atoms with Gasteiger partial charge in [-0.3, -0.25) is 0 Å². The van der Waals surface area contributed by atoms with E-state index >= 15 is 0 Å². The summed E-state index contributed by atoms with van der Waals surface area (Å²) in [6.45, 7) is 4.64. The number of benzene rings is 8. The van der Waals surface area contributed by atoms with Gasteiger partial charge in [-0.2, -0.15) is 0 Å². The molecule has 4 heteroatoms. The molecule has 11 rings (SSSR count). The van der Waals surface area contributed by atoms with Gasteiger partial charge in [0.05, 0.1) is 0 Å². The van der Waals surface area contributed by atoms with Crippen molar-refractivity contribution in [1.82, 2.24) is 15.0 Å². The van der Waals surface area contributed by atoms with Crippen molar-refractivity contribution in [2.24, 2.45) is 0 Å². The summed E-state index contributed by atoms with van der Waals surface area (Å²) in [7, 11) is 0. The van der Waals surface area contributed by atoms with Crippen molar-refractivity contribution in [1.29, 1.82) is 0 Å². The molecule has 274 valence electrons. The molecule has 0 radical (unpaired) electrons. The first kappa shape index (κ1) is 33.9. The quantitative estimate of drug-likeness (QED) is 0.170. The van der Waals surface area contributed by atoms with E-state index in [9.17, 15) is 0 Å². The smallest absolute Gasteiger partial charge is 0.164 e. The number of fused-ring (bicyclic) bond motifs is 6. The number of hydrogen-bond donors (Lipinski definition) is 0. The summed E-state index contributed by atoms with van der Waals surface area (Å²) in [5.74, 6) is 1.80. The van der Waals surface area contributed by atoms with Crippen molar-refractivity contribution in [3.05, 3.63) is 199 Å². The fraction of sp³-hybridized carbons (Fsp3) is 0.0556. The molecule has 4 nitrogen and oxygen atoms in total. The monoisotopic (exact) mass is 743 g/mol. The fourth-order valence-corrected chi connectivity index (χ4v) is 8.83. The fourth-order valence-electron chi connectivity index (χ4n) is 8.83. The first-order chi connectivity index (χ1) is 28.5. The van der Waals surface area contributed by atoms with Crippen LogP contribution in [-0.2, 0) is 5.41 Å². The molecule has 0 atom stereocenters. The van der Waals surface area contributed by atoms with E-state index in [0.717, 1.165) is 66.4 Å². The van der Waals surface area contributed by atoms with Crippen molar-refractivity contribution < 1.29 is 4.42 Å². The predicted molar refractivity (Wildman–Crippen MR) is 237 cm³/mol. The average Bonchev–Trinajstić information content (AvgIpc) is 3.78. The van der Waals surface area contributed by atoms with Crippen LogP contribution in [0.1, 0.15) is 25.0 Å². The van der Waals surface area contributed by atoms with Crippen molar-refractivity contribution in [2.45, 2.75) is 19.3 Å². The summed E-state index contributed by atoms with van der Waals surface area (Å²) in [4.78, 5) is 15.7. The van der Waals surface area contributed by atoms with E-state index in [2.05, 4.69) is 172 Å². The summed E-state index contributed by atoms with van der Waals surface area (Å²) >= 11 is 0. The summed E-state index contributed by atoms with van der Waals surface area (Å²) in [6, 6.07) is 66.0. The third kappa shape index (κ3) is 5.56. The first-order valence-electron chi connectivity index (χ1n) is 19.8. The van der Waals surface area contributed by atoms with Crippen LogP contribution < -0.4 is 0 Å². The largest absolute Gasteiger partial charge is 0.456 e. The minimum absolute atomic E-state index is 0.0438. The van der Waals surface area contributed by atoms with E-state index in [1.54, 1.807) is 0 Å². The van der Waals surface area contributed by atoms with Gasteiger partial charge in [-0.15, -0.1) is 0 Å². The van der Waals surface area contributed by atoms with Crippen LogP contribution in [0.2, 0.25) is 0 Å². The number of aromatic nitrogens is 3. The van der Waals surface area contributed by atoms with Gasteiger partial charge in [0, 0.05) is 32.9 Å². The van der Waals surface area contributed by atoms with E-state index in [1.165, 1.54) is 27.8 Å². The van der Waals surface area contributed by atoms with Crippen molar-refractivity contribution in [3.8, 4) is 78.7 Å². The molecule has 1 aliphatic carbocycles. The number of hydrogen-bond acceptors (Lipinski definition) is 4. The Hall–Kier alpha value is -7.43. The molecule has 0 bridgehead atoms. The molecule has 10 aromatic rings. The third-order valence-corrected chi connectivity index (χ3v) is 11.8. The molecular formula is C54H37N3O. The van der Waals surface area contributed by atoms with Crippen LogP contribution in [0.5, 0.6) is 0 Å². The molecule has 2 aromatic heterocycles. The van der Waals surface area contributed by atoms with Gasteiger partial charge in [-0.05, 0) is 79.9 Å². The van der Waals surface area contributed by atoms with Gasteiger partial charge in [-0.1, -0.05) is 178 Å². The normalized spacial score (nSPS) is 12.8. The minimum atomic E-state index is -0.0438. The van der Waals surface area contributed by atoms with Gasteiger partial charge in [0.15, 0.2) is 17.5 Å². The van der Waals surface area contributed by atoms with Gasteiger partial charge in [0.1, 0.15) is 11.2 Å². The lowest BCUT2D eigenvalue weighted by molar-refractivity contribution is 0.660. The van der Waals surface area contributed by atoms with Crippen molar-refractivity contribution in [2.75, 3.05) is 0 Å². The maximum Gasteiger partial charge on any atom is 0.164 e. The predicted octanol–water partition coefficient (Wildman–Crippen LogP) is 14.1. The Kier molecular flexibility index (Phi) is 7.80. The van der Waals surface area contributed by atoms with E-state index < -0.39 is 0 Å². The van der Waals surface area contributed by atoms with E-state index in [1.807, 2.05) is 30.3 Å². The highest BCUT2D eigenvalue weighted by atomic mass is 16.3. The molecule has 0 spiro atoms. The topological polar surface area (TPSA) is 51.8 Å². The summed E-state index contributed by atoms with van der Waals surface area (Å²) in [6.07, 6.45) is 0. The molecule has 58 heavy (non-hydrogen) atoms. The minimum Gasteiger partial charge on any atom is -0.456 e. The maximum absolute atomic E-state index is 6.54. The van der Waals surface area contributed by atoms with E-state index in [4.69, 9.17) is 19.4 Å². The van der Waals surface area contributed by atoms with E-state index in [0.29, 0.717) is 17.5 Å². The van der Waals surface area contributed by atoms with Gasteiger partial charge < -0.3 is 4.42 Å². The Balaban J connectivity index is 1.09. The number of furan rings is 1. The molecule has 2 heterocycles. The Morgan fingerprint density at radius 1 is 0.345 bits per heavy atom. The second kappa shape index (κ2) is 13.4.